The van der Waals surface area contributed by atoms with Crippen molar-refractivity contribution in [1.82, 2.24) is 5.32 Å². The predicted molar refractivity (Wildman–Crippen MR) is 82.1 cm³/mol. The Bertz CT molecular complexity index is 557. The lowest BCUT2D eigenvalue weighted by molar-refractivity contribution is -0.145. The van der Waals surface area contributed by atoms with Crippen LogP contribution in [0, 0.1) is 0 Å². The van der Waals surface area contributed by atoms with Gasteiger partial charge in [0.1, 0.15) is 5.54 Å². The number of amides is 2. The third-order valence-corrected chi connectivity index (χ3v) is 4.49. The maximum absolute atomic E-state index is 12.1. The van der Waals surface area contributed by atoms with Crippen molar-refractivity contribution >= 4 is 40.9 Å². The fourth-order valence-electron chi connectivity index (χ4n) is 2.52. The summed E-state index contributed by atoms with van der Waals surface area (Å²) in [6.45, 7) is 0. The highest BCUT2D eigenvalue weighted by Gasteiger charge is 2.41. The quantitative estimate of drug-likeness (QED) is 0.786. The van der Waals surface area contributed by atoms with Crippen LogP contribution in [0.25, 0.3) is 0 Å². The molecule has 1 aromatic rings. The summed E-state index contributed by atoms with van der Waals surface area (Å²) in [6, 6.07) is 4.26. The third-order valence-electron chi connectivity index (χ3n) is 3.67. The summed E-state index contributed by atoms with van der Waals surface area (Å²) in [5.41, 5.74) is -0.856. The number of nitrogens with one attached hydrogen (secondary N) is 2. The van der Waals surface area contributed by atoms with E-state index in [9.17, 15) is 14.7 Å². The van der Waals surface area contributed by atoms with Crippen molar-refractivity contribution < 1.29 is 14.7 Å². The van der Waals surface area contributed by atoms with Crippen molar-refractivity contribution in [3.63, 3.8) is 0 Å². The van der Waals surface area contributed by atoms with E-state index in [4.69, 9.17) is 23.2 Å². The van der Waals surface area contributed by atoms with Gasteiger partial charge in [-0.2, -0.15) is 0 Å². The number of hydrogen-bond acceptors (Lipinski definition) is 2. The second-order valence-corrected chi connectivity index (χ2v) is 5.91. The molecular formula is C14H16Cl2N2O3. The second-order valence-electron chi connectivity index (χ2n) is 5.13. The van der Waals surface area contributed by atoms with Gasteiger partial charge in [-0.1, -0.05) is 48.5 Å². The minimum Gasteiger partial charge on any atom is -0.480 e. The first kappa shape index (κ1) is 15.9. The SMILES string of the molecule is O=C(Nc1cccc(Cl)c1Cl)NC1(C(=O)O)CCCCC1. The van der Waals surface area contributed by atoms with Crippen LogP contribution in [0.4, 0.5) is 10.5 Å². The standard InChI is InChI=1S/C14H16Cl2N2O3/c15-9-5-4-6-10(11(9)16)17-13(21)18-14(12(19)20)7-2-1-3-8-14/h4-6H,1-3,7-8H2,(H,19,20)(H2,17,18,21). The average molecular weight is 331 g/mol. The van der Waals surface area contributed by atoms with Gasteiger partial charge < -0.3 is 15.7 Å². The van der Waals surface area contributed by atoms with Crippen LogP contribution in [0.15, 0.2) is 18.2 Å². The molecule has 1 aliphatic carbocycles. The molecule has 0 radical (unpaired) electrons. The Hall–Kier alpha value is -1.46. The van der Waals surface area contributed by atoms with Gasteiger partial charge in [-0.3, -0.25) is 0 Å². The van der Waals surface area contributed by atoms with E-state index in [1.54, 1.807) is 18.2 Å². The van der Waals surface area contributed by atoms with Crippen molar-refractivity contribution in [2.45, 2.75) is 37.6 Å². The molecule has 2 amide bonds. The molecule has 0 saturated heterocycles. The van der Waals surface area contributed by atoms with Crippen molar-refractivity contribution in [3.05, 3.63) is 28.2 Å². The fraction of sp³-hybridized carbons (Fsp3) is 0.429. The van der Waals surface area contributed by atoms with E-state index in [-0.39, 0.29) is 5.02 Å². The zero-order valence-electron chi connectivity index (χ0n) is 11.3. The number of carboxylic acids is 1. The molecule has 1 aromatic carbocycles. The maximum Gasteiger partial charge on any atom is 0.329 e. The predicted octanol–water partition coefficient (Wildman–Crippen LogP) is 3.90. The third kappa shape index (κ3) is 3.60. The van der Waals surface area contributed by atoms with Crippen LogP contribution >= 0.6 is 23.2 Å². The first-order valence-corrected chi connectivity index (χ1v) is 7.47. The van der Waals surface area contributed by atoms with Crippen molar-refractivity contribution in [2.75, 3.05) is 5.32 Å². The van der Waals surface area contributed by atoms with Crippen LogP contribution < -0.4 is 10.6 Å². The molecule has 0 unspecified atom stereocenters. The molecule has 7 heteroatoms. The zero-order chi connectivity index (χ0) is 15.5. The van der Waals surface area contributed by atoms with Crippen LogP contribution in [-0.4, -0.2) is 22.6 Å². The molecule has 2 rings (SSSR count). The van der Waals surface area contributed by atoms with E-state index in [1.807, 2.05) is 0 Å². The lowest BCUT2D eigenvalue weighted by Crippen LogP contribution is -2.56. The highest BCUT2D eigenvalue weighted by atomic mass is 35.5. The molecule has 21 heavy (non-hydrogen) atoms. The van der Waals surface area contributed by atoms with Crippen molar-refractivity contribution in [1.29, 1.82) is 0 Å². The number of carboxylic acid groups (broad SMARTS) is 1. The Kier molecular flexibility index (Phi) is 4.96. The number of halogens is 2. The summed E-state index contributed by atoms with van der Waals surface area (Å²) in [5, 5.41) is 15.1. The number of hydrogen-bond donors (Lipinski definition) is 3. The molecule has 5 nitrogen and oxygen atoms in total. The first-order valence-electron chi connectivity index (χ1n) is 6.71. The minimum absolute atomic E-state index is 0.224. The second kappa shape index (κ2) is 6.54. The topological polar surface area (TPSA) is 78.4 Å². The highest BCUT2D eigenvalue weighted by Crippen LogP contribution is 2.31. The summed E-state index contributed by atoms with van der Waals surface area (Å²) >= 11 is 11.9. The molecule has 3 N–H and O–H groups in total. The van der Waals surface area contributed by atoms with Crippen molar-refractivity contribution in [3.8, 4) is 0 Å². The molecule has 1 saturated carbocycles. The summed E-state index contributed by atoms with van der Waals surface area (Å²) in [4.78, 5) is 23.6. The summed E-state index contributed by atoms with van der Waals surface area (Å²) in [6.07, 6.45) is 3.41. The van der Waals surface area contributed by atoms with E-state index >= 15 is 0 Å². The van der Waals surface area contributed by atoms with Gasteiger partial charge in [-0.05, 0) is 25.0 Å². The van der Waals surface area contributed by atoms with Gasteiger partial charge in [0, 0.05) is 0 Å². The van der Waals surface area contributed by atoms with Gasteiger partial charge in [-0.15, -0.1) is 0 Å². The molecule has 1 aliphatic rings. The van der Waals surface area contributed by atoms with Crippen LogP contribution in [-0.2, 0) is 4.79 Å². The number of carbonyl (C=O) groups is 2. The summed E-state index contributed by atoms with van der Waals surface area (Å²) < 4.78 is 0. The Balaban J connectivity index is 2.09. The Morgan fingerprint density at radius 3 is 2.43 bits per heavy atom. The largest absolute Gasteiger partial charge is 0.480 e. The van der Waals surface area contributed by atoms with E-state index in [2.05, 4.69) is 10.6 Å². The first-order chi connectivity index (χ1) is 9.94. The van der Waals surface area contributed by atoms with Crippen LogP contribution in [0.1, 0.15) is 32.1 Å². The van der Waals surface area contributed by atoms with E-state index < -0.39 is 17.5 Å². The molecule has 0 atom stereocenters. The number of aliphatic carboxylic acids is 1. The van der Waals surface area contributed by atoms with E-state index in [1.165, 1.54) is 0 Å². The fourth-order valence-corrected chi connectivity index (χ4v) is 2.87. The Morgan fingerprint density at radius 2 is 1.81 bits per heavy atom. The van der Waals surface area contributed by atoms with E-state index in [0.717, 1.165) is 19.3 Å². The number of rotatable bonds is 3. The van der Waals surface area contributed by atoms with Gasteiger partial charge >= 0.3 is 12.0 Å². The number of carbonyl (C=O) groups excluding carboxylic acids is 1. The molecule has 0 heterocycles. The summed E-state index contributed by atoms with van der Waals surface area (Å²) in [5.74, 6) is -1.01. The normalized spacial score (nSPS) is 17.0. The van der Waals surface area contributed by atoms with Crippen molar-refractivity contribution in [2.24, 2.45) is 0 Å². The van der Waals surface area contributed by atoms with Gasteiger partial charge in [0.05, 0.1) is 15.7 Å². The number of anilines is 1. The lowest BCUT2D eigenvalue weighted by Gasteiger charge is -2.33. The molecule has 0 spiro atoms. The smallest absolute Gasteiger partial charge is 0.329 e. The number of urea groups is 1. The van der Waals surface area contributed by atoms with Crippen LogP contribution in [0.2, 0.25) is 10.0 Å². The van der Waals surface area contributed by atoms with Gasteiger partial charge in [-0.25, -0.2) is 9.59 Å². The maximum atomic E-state index is 12.1. The highest BCUT2D eigenvalue weighted by molar-refractivity contribution is 6.43. The molecule has 1 fully saturated rings. The molecule has 114 valence electrons. The van der Waals surface area contributed by atoms with Gasteiger partial charge in [0.25, 0.3) is 0 Å². The van der Waals surface area contributed by atoms with Gasteiger partial charge in [0.15, 0.2) is 0 Å². The lowest BCUT2D eigenvalue weighted by atomic mass is 9.82. The summed E-state index contributed by atoms with van der Waals surface area (Å²) in [7, 11) is 0. The van der Waals surface area contributed by atoms with Crippen LogP contribution in [0.5, 0.6) is 0 Å². The number of benzene rings is 1. The Morgan fingerprint density at radius 1 is 1.14 bits per heavy atom. The molecule has 0 bridgehead atoms. The molecule has 0 aromatic heterocycles. The van der Waals surface area contributed by atoms with Gasteiger partial charge in [0.2, 0.25) is 0 Å². The monoisotopic (exact) mass is 330 g/mol. The van der Waals surface area contributed by atoms with Crippen LogP contribution in [0.3, 0.4) is 0 Å². The zero-order valence-corrected chi connectivity index (χ0v) is 12.8. The molecule has 0 aliphatic heterocycles. The minimum atomic E-state index is -1.20. The van der Waals surface area contributed by atoms with E-state index in [0.29, 0.717) is 23.6 Å². The average Bonchev–Trinajstić information content (AvgIpc) is 2.44. The Labute approximate surface area is 132 Å². The molecular weight excluding hydrogens is 315 g/mol.